The van der Waals surface area contributed by atoms with E-state index in [2.05, 4.69) is 11.9 Å². The molecule has 4 heterocycles. The van der Waals surface area contributed by atoms with Gasteiger partial charge in [-0.1, -0.05) is 24.8 Å². The number of likely N-dealkylation sites (tertiary alicyclic amines) is 1. The number of hydrogen-bond acceptors (Lipinski definition) is 5. The summed E-state index contributed by atoms with van der Waals surface area (Å²) in [5.74, 6) is 2.05. The largest absolute Gasteiger partial charge is 0.496 e. The van der Waals surface area contributed by atoms with Crippen molar-refractivity contribution in [3.05, 3.63) is 65.3 Å². The van der Waals surface area contributed by atoms with Crippen molar-refractivity contribution in [2.24, 2.45) is 5.92 Å². The monoisotopic (exact) mass is 493 g/mol. The predicted octanol–water partition coefficient (Wildman–Crippen LogP) is 4.20. The Kier molecular flexibility index (Phi) is 6.45. The number of anilines is 1. The molecule has 1 N–H and O–H groups in total. The number of benzene rings is 1. The van der Waals surface area contributed by atoms with Crippen molar-refractivity contribution >= 4 is 17.6 Å². The van der Waals surface area contributed by atoms with E-state index in [1.807, 2.05) is 60.9 Å². The Morgan fingerprint density at radius 2 is 2.08 bits per heavy atom. The molecule has 0 aliphatic carbocycles. The minimum absolute atomic E-state index is 0.00246. The van der Waals surface area contributed by atoms with Gasteiger partial charge in [-0.3, -0.25) is 4.79 Å². The van der Waals surface area contributed by atoms with Crippen LogP contribution < -0.4 is 10.2 Å². The highest BCUT2D eigenvalue weighted by Gasteiger charge is 2.57. The molecule has 5 rings (SSSR count). The van der Waals surface area contributed by atoms with E-state index in [1.54, 1.807) is 0 Å². The first kappa shape index (κ1) is 24.3. The lowest BCUT2D eigenvalue weighted by Gasteiger charge is -2.34. The minimum Gasteiger partial charge on any atom is -0.496 e. The van der Waals surface area contributed by atoms with Crippen LogP contribution in [0.5, 0.6) is 0 Å². The number of nitrogens with zero attached hydrogens (tertiary/aromatic N) is 2. The van der Waals surface area contributed by atoms with Crippen LogP contribution in [0.15, 0.2) is 59.8 Å². The Labute approximate surface area is 212 Å². The van der Waals surface area contributed by atoms with Crippen molar-refractivity contribution in [3.63, 3.8) is 0 Å². The molecule has 8 heteroatoms. The molecule has 2 fully saturated rings. The normalized spacial score (nSPS) is 26.6. The fourth-order valence-electron chi connectivity index (χ4n) is 5.75. The lowest BCUT2D eigenvalue weighted by Crippen LogP contribution is -2.48. The summed E-state index contributed by atoms with van der Waals surface area (Å²) >= 11 is 0. The van der Waals surface area contributed by atoms with Crippen LogP contribution in [0, 0.1) is 5.92 Å². The molecule has 0 saturated carbocycles. The Balaban J connectivity index is 1.37. The first-order valence-corrected chi connectivity index (χ1v) is 12.8. The van der Waals surface area contributed by atoms with Crippen LogP contribution in [0.2, 0.25) is 0 Å². The zero-order chi connectivity index (χ0) is 25.4. The summed E-state index contributed by atoms with van der Waals surface area (Å²) < 4.78 is 17.0. The second-order valence-electron chi connectivity index (χ2n) is 10.3. The number of carbonyl (C=O) groups excluding carboxylic acids is 2. The second kappa shape index (κ2) is 9.56. The van der Waals surface area contributed by atoms with Crippen LogP contribution in [0.25, 0.3) is 0 Å². The van der Waals surface area contributed by atoms with Gasteiger partial charge in [-0.2, -0.15) is 0 Å². The maximum Gasteiger partial charge on any atom is 0.317 e. The quantitative estimate of drug-likeness (QED) is 0.665. The molecule has 4 aliphatic rings. The molecular formula is C28H35N3O5. The average Bonchev–Trinajstić information content (AvgIpc) is 3.49. The van der Waals surface area contributed by atoms with Gasteiger partial charge in [0.15, 0.2) is 11.5 Å². The van der Waals surface area contributed by atoms with Crippen molar-refractivity contribution in [3.8, 4) is 0 Å². The molecule has 1 aromatic rings. The highest BCUT2D eigenvalue weighted by Crippen LogP contribution is 2.51. The number of carbonyl (C=O) groups is 2. The third-order valence-corrected chi connectivity index (χ3v) is 7.59. The Hall–Kier alpha value is -3.42. The van der Waals surface area contributed by atoms with E-state index in [9.17, 15) is 9.59 Å². The summed E-state index contributed by atoms with van der Waals surface area (Å²) in [5, 5.41) is 3.00. The predicted molar refractivity (Wildman–Crippen MR) is 136 cm³/mol. The summed E-state index contributed by atoms with van der Waals surface area (Å²) in [4.78, 5) is 30.5. The van der Waals surface area contributed by atoms with E-state index in [1.165, 1.54) is 0 Å². The lowest BCUT2D eigenvalue weighted by molar-refractivity contribution is -0.122. The number of nitrogens with one attached hydrogen (secondary N) is 1. The summed E-state index contributed by atoms with van der Waals surface area (Å²) in [6, 6.07) is 8.08. The summed E-state index contributed by atoms with van der Waals surface area (Å²) in [7, 11) is 0. The van der Waals surface area contributed by atoms with Crippen molar-refractivity contribution in [2.75, 3.05) is 37.9 Å². The molecule has 1 aromatic carbocycles. The van der Waals surface area contributed by atoms with Crippen LogP contribution in [0.3, 0.4) is 0 Å². The number of hydrogen-bond donors (Lipinski definition) is 1. The standard InChI is InChI=1S/C28H35N3O5/c1-18(2)29-27(33)30-12-7-8-21(15-30)11-13-31-24-10-6-5-9-22(24)28(26(31)32)16-34-19(3)23(28)14-25-20(4)35-17-36-25/h5-6,9-10,14,18,21H,4,7-8,11-13,15-17H2,1-3H3,(H,29,33). The van der Waals surface area contributed by atoms with Gasteiger partial charge >= 0.3 is 6.03 Å². The van der Waals surface area contributed by atoms with Gasteiger partial charge in [0.1, 0.15) is 12.0 Å². The third kappa shape index (κ3) is 4.12. The number of rotatable bonds is 5. The maximum atomic E-state index is 14.2. The van der Waals surface area contributed by atoms with Gasteiger partial charge in [0, 0.05) is 36.9 Å². The van der Waals surface area contributed by atoms with Crippen LogP contribution in [0.1, 0.15) is 45.6 Å². The summed E-state index contributed by atoms with van der Waals surface area (Å²) in [6.45, 7) is 12.2. The molecule has 2 unspecified atom stereocenters. The van der Waals surface area contributed by atoms with E-state index in [0.717, 1.165) is 42.6 Å². The smallest absolute Gasteiger partial charge is 0.317 e. The van der Waals surface area contributed by atoms with Crippen LogP contribution in [-0.4, -0.2) is 55.9 Å². The first-order chi connectivity index (χ1) is 17.3. The average molecular weight is 494 g/mol. The SMILES string of the molecule is C=C1OCOC1=CC1=C(C)OCC12C(=O)N(CCC1CCCN(C(=O)NC(C)C)C1)c1ccccc12. The molecule has 3 amide bonds. The maximum absolute atomic E-state index is 14.2. The molecular weight excluding hydrogens is 458 g/mol. The van der Waals surface area contributed by atoms with E-state index >= 15 is 0 Å². The highest BCUT2D eigenvalue weighted by atomic mass is 16.7. The third-order valence-electron chi connectivity index (χ3n) is 7.59. The van der Waals surface area contributed by atoms with Crippen LogP contribution in [0.4, 0.5) is 10.5 Å². The fourth-order valence-corrected chi connectivity index (χ4v) is 5.75. The molecule has 8 nitrogen and oxygen atoms in total. The van der Waals surface area contributed by atoms with E-state index in [4.69, 9.17) is 14.2 Å². The van der Waals surface area contributed by atoms with Gasteiger partial charge in [-0.05, 0) is 63.7 Å². The highest BCUT2D eigenvalue weighted by molar-refractivity contribution is 6.11. The van der Waals surface area contributed by atoms with Crippen molar-refractivity contribution < 1.29 is 23.8 Å². The van der Waals surface area contributed by atoms with Crippen LogP contribution >= 0.6 is 0 Å². The molecule has 1 spiro atoms. The Morgan fingerprint density at radius 3 is 2.83 bits per heavy atom. The molecule has 2 saturated heterocycles. The number of ether oxygens (including phenoxy) is 3. The number of fused-ring (bicyclic) bond motifs is 2. The molecule has 2 atom stereocenters. The topological polar surface area (TPSA) is 80.3 Å². The van der Waals surface area contributed by atoms with Gasteiger partial charge < -0.3 is 29.3 Å². The van der Waals surface area contributed by atoms with E-state index in [-0.39, 0.29) is 31.4 Å². The number of urea groups is 1. The molecule has 4 aliphatic heterocycles. The molecule has 0 bridgehead atoms. The van der Waals surface area contributed by atoms with Gasteiger partial charge in [-0.25, -0.2) is 4.79 Å². The van der Waals surface area contributed by atoms with Crippen molar-refractivity contribution in [2.45, 2.75) is 51.5 Å². The van der Waals surface area contributed by atoms with E-state index in [0.29, 0.717) is 36.3 Å². The van der Waals surface area contributed by atoms with Crippen molar-refractivity contribution in [1.29, 1.82) is 0 Å². The molecule has 36 heavy (non-hydrogen) atoms. The second-order valence-corrected chi connectivity index (χ2v) is 10.3. The number of amides is 3. The molecule has 192 valence electrons. The molecule has 0 aromatic heterocycles. The number of piperidine rings is 1. The van der Waals surface area contributed by atoms with Crippen molar-refractivity contribution in [1.82, 2.24) is 10.2 Å². The summed E-state index contributed by atoms with van der Waals surface area (Å²) in [5.41, 5.74) is 1.74. The zero-order valence-corrected chi connectivity index (χ0v) is 21.3. The van der Waals surface area contributed by atoms with Crippen LogP contribution in [-0.2, 0) is 24.4 Å². The van der Waals surface area contributed by atoms with Gasteiger partial charge in [-0.15, -0.1) is 0 Å². The number of para-hydroxylation sites is 1. The van der Waals surface area contributed by atoms with Gasteiger partial charge in [0.2, 0.25) is 12.7 Å². The van der Waals surface area contributed by atoms with Gasteiger partial charge in [0.05, 0.1) is 5.76 Å². The zero-order valence-electron chi connectivity index (χ0n) is 21.3. The van der Waals surface area contributed by atoms with E-state index < -0.39 is 5.41 Å². The minimum atomic E-state index is -0.921. The Bertz CT molecular complexity index is 1140. The summed E-state index contributed by atoms with van der Waals surface area (Å²) in [6.07, 6.45) is 4.71. The Morgan fingerprint density at radius 1 is 1.28 bits per heavy atom. The number of allylic oxidation sites excluding steroid dienone is 2. The first-order valence-electron chi connectivity index (χ1n) is 12.8. The lowest BCUT2D eigenvalue weighted by atomic mass is 9.76. The van der Waals surface area contributed by atoms with Gasteiger partial charge in [0.25, 0.3) is 0 Å². The fraction of sp³-hybridized carbons (Fsp3) is 0.500. The molecule has 0 radical (unpaired) electrons.